The molecule has 0 radical (unpaired) electrons. The van der Waals surface area contributed by atoms with Crippen molar-refractivity contribution in [3.8, 4) is 11.1 Å². The molecule has 0 saturated heterocycles. The van der Waals surface area contributed by atoms with Crippen molar-refractivity contribution in [3.05, 3.63) is 65.4 Å². The van der Waals surface area contributed by atoms with Gasteiger partial charge in [0.1, 0.15) is 5.82 Å². The normalized spacial score (nSPS) is 12.0. The summed E-state index contributed by atoms with van der Waals surface area (Å²) in [6.07, 6.45) is 2.54. The number of hydrogen-bond donors (Lipinski definition) is 4. The third-order valence-corrected chi connectivity index (χ3v) is 4.82. The second-order valence-electron chi connectivity index (χ2n) is 7.02. The number of hydrogen-bond acceptors (Lipinski definition) is 7. The molecule has 0 spiro atoms. The van der Waals surface area contributed by atoms with E-state index in [1.165, 1.54) is 5.56 Å². The Morgan fingerprint density at radius 1 is 1.13 bits per heavy atom. The minimum Gasteiger partial charge on any atom is -0.481 e. The van der Waals surface area contributed by atoms with Crippen LogP contribution in [0.15, 0.2) is 48.7 Å². The molecular weight excluding hydrogens is 398 g/mol. The lowest BCUT2D eigenvalue weighted by Gasteiger charge is -2.20. The van der Waals surface area contributed by atoms with E-state index in [1.807, 2.05) is 18.2 Å². The van der Waals surface area contributed by atoms with Crippen molar-refractivity contribution in [1.29, 1.82) is 0 Å². The van der Waals surface area contributed by atoms with Crippen LogP contribution in [0.3, 0.4) is 0 Å². The van der Waals surface area contributed by atoms with Crippen LogP contribution in [0, 0.1) is 0 Å². The molecule has 1 aliphatic rings. The number of nitrogens with two attached hydrogens (primary N) is 2. The molecular formula is C22H23N5O4. The average Bonchev–Trinajstić information content (AvgIpc) is 3.13. The number of rotatable bonds is 4. The Balaban J connectivity index is 0.000000628. The summed E-state index contributed by atoms with van der Waals surface area (Å²) in [4.78, 5) is 30.6. The molecule has 9 heteroatoms. The number of nitrogen functional groups attached to an aromatic ring is 2. The number of aromatic nitrogens is 2. The molecule has 1 aromatic heterocycles. The zero-order chi connectivity index (χ0) is 22.5. The van der Waals surface area contributed by atoms with E-state index in [0.29, 0.717) is 12.4 Å². The predicted molar refractivity (Wildman–Crippen MR) is 118 cm³/mol. The molecule has 1 aliphatic heterocycles. The lowest BCUT2D eigenvalue weighted by molar-refractivity contribution is -0.134. The number of carboxylic acids is 2. The number of anilines is 3. The first-order chi connectivity index (χ1) is 14.8. The summed E-state index contributed by atoms with van der Waals surface area (Å²) in [5.74, 6) is -1.20. The fourth-order valence-corrected chi connectivity index (χ4v) is 3.52. The average molecular weight is 421 g/mol. The van der Waals surface area contributed by atoms with E-state index in [1.54, 1.807) is 24.4 Å². The molecule has 3 aromatic rings. The zero-order valence-corrected chi connectivity index (χ0v) is 16.9. The quantitative estimate of drug-likeness (QED) is 0.497. The predicted octanol–water partition coefficient (Wildman–Crippen LogP) is 2.66. The van der Waals surface area contributed by atoms with Crippen molar-refractivity contribution in [3.63, 3.8) is 0 Å². The van der Waals surface area contributed by atoms with E-state index in [4.69, 9.17) is 21.4 Å². The van der Waals surface area contributed by atoms with Crippen molar-refractivity contribution >= 4 is 29.4 Å². The number of nitrogens with zero attached hydrogens (tertiary/aromatic N) is 3. The molecule has 9 nitrogen and oxygen atoms in total. The first-order valence-electron chi connectivity index (χ1n) is 9.53. The van der Waals surface area contributed by atoms with Gasteiger partial charge in [-0.05, 0) is 41.3 Å². The molecule has 0 fully saturated rings. The van der Waals surface area contributed by atoms with Crippen LogP contribution in [0.25, 0.3) is 11.1 Å². The summed E-state index contributed by atoms with van der Waals surface area (Å²) in [7, 11) is 0. The monoisotopic (exact) mass is 421 g/mol. The van der Waals surface area contributed by atoms with Crippen molar-refractivity contribution < 1.29 is 19.8 Å². The molecule has 0 bridgehead atoms. The van der Waals surface area contributed by atoms with E-state index in [2.05, 4.69) is 20.9 Å². The van der Waals surface area contributed by atoms with Crippen LogP contribution in [-0.2, 0) is 17.8 Å². The van der Waals surface area contributed by atoms with Gasteiger partial charge in [-0.2, -0.15) is 4.98 Å². The van der Waals surface area contributed by atoms with Gasteiger partial charge in [0.05, 0.1) is 5.56 Å². The Hall–Kier alpha value is -4.14. The summed E-state index contributed by atoms with van der Waals surface area (Å²) in [6.45, 7) is 2.52. The molecule has 160 valence electrons. The van der Waals surface area contributed by atoms with Crippen molar-refractivity contribution in [2.75, 3.05) is 22.9 Å². The largest absolute Gasteiger partial charge is 0.481 e. The minimum atomic E-state index is -0.926. The summed E-state index contributed by atoms with van der Waals surface area (Å²) >= 11 is 0. The van der Waals surface area contributed by atoms with Gasteiger partial charge in [-0.1, -0.05) is 24.3 Å². The second-order valence-corrected chi connectivity index (χ2v) is 7.02. The minimum absolute atomic E-state index is 0.165. The zero-order valence-electron chi connectivity index (χ0n) is 16.9. The third kappa shape index (κ3) is 5.08. The van der Waals surface area contributed by atoms with Gasteiger partial charge in [0.2, 0.25) is 5.95 Å². The molecule has 6 N–H and O–H groups in total. The van der Waals surface area contributed by atoms with Gasteiger partial charge >= 0.3 is 5.97 Å². The maximum absolute atomic E-state index is 11.3. The number of carboxylic acid groups (broad SMARTS) is 2. The van der Waals surface area contributed by atoms with Crippen LogP contribution < -0.4 is 16.4 Å². The van der Waals surface area contributed by atoms with E-state index < -0.39 is 11.9 Å². The van der Waals surface area contributed by atoms with Crippen LogP contribution in [0.4, 0.5) is 17.5 Å². The summed E-state index contributed by atoms with van der Waals surface area (Å²) in [5, 5.41) is 16.7. The highest BCUT2D eigenvalue weighted by Crippen LogP contribution is 2.37. The van der Waals surface area contributed by atoms with Gasteiger partial charge in [-0.15, -0.1) is 0 Å². The van der Waals surface area contributed by atoms with Crippen molar-refractivity contribution in [1.82, 2.24) is 9.97 Å². The number of aliphatic carboxylic acids is 1. The van der Waals surface area contributed by atoms with Gasteiger partial charge in [0, 0.05) is 37.5 Å². The number of carbonyl (C=O) groups is 2. The Labute approximate surface area is 179 Å². The fourth-order valence-electron chi connectivity index (χ4n) is 3.52. The first-order valence-corrected chi connectivity index (χ1v) is 9.53. The SMILES string of the molecule is CC(=O)O.Nc1ncc(CN2CCc3c(-c4cccc(C(=O)O)c4)cccc32)c(N)n1. The van der Waals surface area contributed by atoms with Crippen LogP contribution in [-0.4, -0.2) is 38.7 Å². The van der Waals surface area contributed by atoms with Crippen LogP contribution in [0.2, 0.25) is 0 Å². The van der Waals surface area contributed by atoms with E-state index in [0.717, 1.165) is 42.3 Å². The molecule has 4 rings (SSSR count). The van der Waals surface area contributed by atoms with Crippen molar-refractivity contribution in [2.24, 2.45) is 0 Å². The summed E-state index contributed by atoms with van der Waals surface area (Å²) in [5.41, 5.74) is 16.9. The van der Waals surface area contributed by atoms with Crippen LogP contribution in [0.1, 0.15) is 28.4 Å². The van der Waals surface area contributed by atoms with Crippen molar-refractivity contribution in [2.45, 2.75) is 19.9 Å². The highest BCUT2D eigenvalue weighted by molar-refractivity contribution is 5.90. The highest BCUT2D eigenvalue weighted by Gasteiger charge is 2.23. The van der Waals surface area contributed by atoms with Crippen LogP contribution >= 0.6 is 0 Å². The Kier molecular flexibility index (Phi) is 6.35. The lowest BCUT2D eigenvalue weighted by Crippen LogP contribution is -2.21. The van der Waals surface area contributed by atoms with E-state index >= 15 is 0 Å². The first kappa shape index (κ1) is 21.6. The van der Waals surface area contributed by atoms with E-state index in [-0.39, 0.29) is 11.5 Å². The smallest absolute Gasteiger partial charge is 0.335 e. The topological polar surface area (TPSA) is 156 Å². The van der Waals surface area contributed by atoms with Gasteiger partial charge in [0.15, 0.2) is 0 Å². The Morgan fingerprint density at radius 2 is 1.84 bits per heavy atom. The van der Waals surface area contributed by atoms with Gasteiger partial charge in [-0.25, -0.2) is 9.78 Å². The lowest BCUT2D eigenvalue weighted by atomic mass is 9.96. The molecule has 0 amide bonds. The second kappa shape index (κ2) is 9.12. The van der Waals surface area contributed by atoms with Crippen LogP contribution in [0.5, 0.6) is 0 Å². The summed E-state index contributed by atoms with van der Waals surface area (Å²) in [6, 6.07) is 13.1. The molecule has 0 aliphatic carbocycles. The van der Waals surface area contributed by atoms with Gasteiger partial charge in [-0.3, -0.25) is 4.79 Å². The highest BCUT2D eigenvalue weighted by atomic mass is 16.4. The maximum Gasteiger partial charge on any atom is 0.335 e. The summed E-state index contributed by atoms with van der Waals surface area (Å²) < 4.78 is 0. The number of fused-ring (bicyclic) bond motifs is 1. The molecule has 2 aromatic carbocycles. The molecule has 0 saturated carbocycles. The standard InChI is InChI=1S/C20H19N5O2.C2H4O2/c21-18-14(10-23-20(22)24-18)11-25-8-7-16-15(5-2-6-17(16)25)12-3-1-4-13(9-12)19(26)27;1-2(3)4/h1-6,9-10H,7-8,11H2,(H,26,27)(H4,21,22,23,24);1H3,(H,3,4). The molecule has 0 atom stereocenters. The maximum atomic E-state index is 11.3. The number of benzene rings is 2. The van der Waals surface area contributed by atoms with Gasteiger partial charge < -0.3 is 26.6 Å². The Bertz CT molecular complexity index is 1130. The third-order valence-electron chi connectivity index (χ3n) is 4.82. The molecule has 2 heterocycles. The fraction of sp³-hybridized carbons (Fsp3) is 0.182. The Morgan fingerprint density at radius 3 is 2.52 bits per heavy atom. The van der Waals surface area contributed by atoms with E-state index in [9.17, 15) is 9.90 Å². The number of aromatic carboxylic acids is 1. The van der Waals surface area contributed by atoms with Gasteiger partial charge in [0.25, 0.3) is 5.97 Å². The molecule has 0 unspecified atom stereocenters. The molecule has 31 heavy (non-hydrogen) atoms.